The summed E-state index contributed by atoms with van der Waals surface area (Å²) in [6.07, 6.45) is 2.65. The Kier molecular flexibility index (Phi) is 6.20. The Hall–Kier alpha value is -3.82. The number of carboxylic acids is 1. The van der Waals surface area contributed by atoms with Gasteiger partial charge in [0.05, 0.1) is 17.7 Å². The van der Waals surface area contributed by atoms with E-state index >= 15 is 0 Å². The van der Waals surface area contributed by atoms with E-state index in [1.54, 1.807) is 4.68 Å². The van der Waals surface area contributed by atoms with Gasteiger partial charge in [-0.1, -0.05) is 47.6 Å². The van der Waals surface area contributed by atoms with Crippen molar-refractivity contribution in [2.24, 2.45) is 5.92 Å². The average molecular weight is 460 g/mol. The fourth-order valence-electron chi connectivity index (χ4n) is 4.23. The third kappa shape index (κ3) is 4.75. The van der Waals surface area contributed by atoms with Crippen LogP contribution in [0.2, 0.25) is 0 Å². The fraction of sp³-hybridized carbons (Fsp3) is 0.280. The maximum Gasteiger partial charge on any atom is 0.307 e. The molecule has 9 nitrogen and oxygen atoms in total. The highest BCUT2D eigenvalue weighted by Gasteiger charge is 2.26. The van der Waals surface area contributed by atoms with Crippen LogP contribution in [0.1, 0.15) is 24.5 Å². The zero-order valence-corrected chi connectivity index (χ0v) is 18.5. The summed E-state index contributed by atoms with van der Waals surface area (Å²) >= 11 is 0. The molecule has 0 amide bonds. The Labute approximate surface area is 196 Å². The first-order chi connectivity index (χ1) is 16.6. The summed E-state index contributed by atoms with van der Waals surface area (Å²) in [5, 5.41) is 28.5. The minimum atomic E-state index is -0.769. The van der Waals surface area contributed by atoms with E-state index in [-0.39, 0.29) is 5.92 Å². The second kappa shape index (κ2) is 9.58. The van der Waals surface area contributed by atoms with Crippen molar-refractivity contribution in [3.8, 4) is 28.7 Å². The molecule has 1 unspecified atom stereocenters. The Morgan fingerprint density at radius 1 is 1.12 bits per heavy atom. The van der Waals surface area contributed by atoms with E-state index in [9.17, 15) is 15.0 Å². The van der Waals surface area contributed by atoms with Crippen LogP contribution in [0.25, 0.3) is 28.7 Å². The number of piperidine rings is 1. The summed E-state index contributed by atoms with van der Waals surface area (Å²) in [7, 11) is 0. The molecule has 3 heterocycles. The molecule has 0 spiro atoms. The van der Waals surface area contributed by atoms with Gasteiger partial charge in [0.25, 0.3) is 5.89 Å². The summed E-state index contributed by atoms with van der Waals surface area (Å²) in [6.45, 7) is 1.67. The number of para-hydroxylation sites is 1. The number of carbonyl (C=O) groups is 1. The molecule has 174 valence electrons. The molecule has 9 heteroatoms. The van der Waals surface area contributed by atoms with E-state index in [1.807, 2.05) is 71.8 Å². The molecule has 2 aromatic heterocycles. The van der Waals surface area contributed by atoms with Gasteiger partial charge in [0.2, 0.25) is 5.82 Å². The minimum absolute atomic E-state index is 0.326. The van der Waals surface area contributed by atoms with Gasteiger partial charge < -0.3 is 14.7 Å². The number of hydrogen-bond donors (Lipinski definition) is 2. The van der Waals surface area contributed by atoms with E-state index in [0.29, 0.717) is 36.9 Å². The molecule has 1 aliphatic heterocycles. The number of aliphatic hydroxyl groups excluding tert-OH is 1. The highest BCUT2D eigenvalue weighted by Crippen LogP contribution is 2.25. The molecule has 1 fully saturated rings. The number of rotatable bonds is 7. The first-order valence-corrected chi connectivity index (χ1v) is 11.3. The molecule has 1 aliphatic rings. The van der Waals surface area contributed by atoms with Gasteiger partial charge in [-0.05, 0) is 43.1 Å². The van der Waals surface area contributed by atoms with Crippen molar-refractivity contribution in [3.63, 3.8) is 0 Å². The average Bonchev–Trinajstić information content (AvgIpc) is 3.55. The van der Waals surface area contributed by atoms with Crippen LogP contribution in [0.5, 0.6) is 0 Å². The van der Waals surface area contributed by atoms with E-state index in [1.165, 1.54) is 0 Å². The standard InChI is InChI=1S/C25H25N5O4/c31-22(16-29-13-4-5-19(15-29)25(32)33)17-8-10-18(11-9-17)23-26-24(34-28-23)21-12-14-30(27-21)20-6-2-1-3-7-20/h1-3,6-12,14,19,22,31H,4-5,13,15-16H2,(H,32,33)/t19-,22?/m0/s1. The largest absolute Gasteiger partial charge is 0.481 e. The summed E-state index contributed by atoms with van der Waals surface area (Å²) in [5.41, 5.74) is 3.03. The maximum atomic E-state index is 11.3. The molecule has 2 N–H and O–H groups in total. The molecule has 0 aliphatic carbocycles. The van der Waals surface area contributed by atoms with Gasteiger partial charge in [-0.3, -0.25) is 9.69 Å². The van der Waals surface area contributed by atoms with Crippen molar-refractivity contribution in [1.82, 2.24) is 24.8 Å². The lowest BCUT2D eigenvalue weighted by molar-refractivity contribution is -0.143. The van der Waals surface area contributed by atoms with E-state index in [4.69, 9.17) is 4.52 Å². The van der Waals surface area contributed by atoms with Gasteiger partial charge in [-0.15, -0.1) is 0 Å². The quantitative estimate of drug-likeness (QED) is 0.432. The number of hydrogen-bond acceptors (Lipinski definition) is 7. The van der Waals surface area contributed by atoms with E-state index in [0.717, 1.165) is 29.8 Å². The number of β-amino-alcohol motifs (C(OH)–C–C–N with tert-alkyl or cyclic N) is 1. The number of aromatic nitrogens is 4. The molecular formula is C25H25N5O4. The molecule has 34 heavy (non-hydrogen) atoms. The lowest BCUT2D eigenvalue weighted by Gasteiger charge is -2.32. The van der Waals surface area contributed by atoms with Crippen LogP contribution in [0, 0.1) is 5.92 Å². The monoisotopic (exact) mass is 459 g/mol. The smallest absolute Gasteiger partial charge is 0.307 e. The van der Waals surface area contributed by atoms with Gasteiger partial charge in [0.15, 0.2) is 5.69 Å². The first kappa shape index (κ1) is 22.0. The number of aliphatic hydroxyl groups is 1. The number of benzene rings is 2. The molecule has 4 aromatic rings. The molecule has 2 aromatic carbocycles. The number of likely N-dealkylation sites (tertiary alicyclic amines) is 1. The molecule has 0 bridgehead atoms. The van der Waals surface area contributed by atoms with Crippen molar-refractivity contribution in [3.05, 3.63) is 72.4 Å². The van der Waals surface area contributed by atoms with E-state index in [2.05, 4.69) is 15.2 Å². The van der Waals surface area contributed by atoms with Crippen molar-refractivity contribution in [1.29, 1.82) is 0 Å². The predicted molar refractivity (Wildman–Crippen MR) is 124 cm³/mol. The second-order valence-corrected chi connectivity index (χ2v) is 8.48. The van der Waals surface area contributed by atoms with Crippen molar-refractivity contribution in [2.75, 3.05) is 19.6 Å². The molecule has 5 rings (SSSR count). The Morgan fingerprint density at radius 2 is 1.91 bits per heavy atom. The molecule has 1 saturated heterocycles. The SMILES string of the molecule is O=C(O)[C@H]1CCCN(CC(O)c2ccc(-c3noc(-c4ccn(-c5ccccc5)n4)n3)cc2)C1. The van der Waals surface area contributed by atoms with Crippen LogP contribution in [-0.2, 0) is 4.79 Å². The van der Waals surface area contributed by atoms with Gasteiger partial charge in [-0.25, -0.2) is 4.68 Å². The second-order valence-electron chi connectivity index (χ2n) is 8.48. The summed E-state index contributed by atoms with van der Waals surface area (Å²) in [5.74, 6) is -0.373. The maximum absolute atomic E-state index is 11.3. The van der Waals surface area contributed by atoms with Gasteiger partial charge in [-0.2, -0.15) is 10.1 Å². The van der Waals surface area contributed by atoms with Crippen molar-refractivity contribution < 1.29 is 19.5 Å². The van der Waals surface area contributed by atoms with Gasteiger partial charge in [0.1, 0.15) is 0 Å². The lowest BCUT2D eigenvalue weighted by atomic mass is 9.97. The summed E-state index contributed by atoms with van der Waals surface area (Å²) < 4.78 is 7.17. The van der Waals surface area contributed by atoms with Gasteiger partial charge in [0, 0.05) is 24.8 Å². The molecular weight excluding hydrogens is 434 g/mol. The third-order valence-corrected chi connectivity index (χ3v) is 6.09. The Bertz CT molecular complexity index is 1250. The third-order valence-electron chi connectivity index (χ3n) is 6.09. The molecule has 0 saturated carbocycles. The van der Waals surface area contributed by atoms with Crippen LogP contribution in [0.4, 0.5) is 0 Å². The Morgan fingerprint density at radius 3 is 2.68 bits per heavy atom. The number of nitrogens with zero attached hydrogens (tertiary/aromatic N) is 5. The predicted octanol–water partition coefficient (Wildman–Crippen LogP) is 3.42. The minimum Gasteiger partial charge on any atom is -0.481 e. The zero-order chi connectivity index (χ0) is 23.5. The highest BCUT2D eigenvalue weighted by atomic mass is 16.5. The molecule has 0 radical (unpaired) electrons. The van der Waals surface area contributed by atoms with Crippen LogP contribution in [-0.4, -0.2) is 60.6 Å². The summed E-state index contributed by atoms with van der Waals surface area (Å²) in [4.78, 5) is 17.8. The first-order valence-electron chi connectivity index (χ1n) is 11.3. The van der Waals surface area contributed by atoms with Crippen LogP contribution >= 0.6 is 0 Å². The highest BCUT2D eigenvalue weighted by molar-refractivity contribution is 5.70. The number of aliphatic carboxylic acids is 1. The van der Waals surface area contributed by atoms with Crippen LogP contribution in [0.15, 0.2) is 71.4 Å². The van der Waals surface area contributed by atoms with E-state index < -0.39 is 12.1 Å². The fourth-order valence-corrected chi connectivity index (χ4v) is 4.23. The normalized spacial score (nSPS) is 17.5. The van der Waals surface area contributed by atoms with Gasteiger partial charge >= 0.3 is 5.97 Å². The molecule has 2 atom stereocenters. The van der Waals surface area contributed by atoms with Crippen LogP contribution < -0.4 is 0 Å². The number of carboxylic acid groups (broad SMARTS) is 1. The summed E-state index contributed by atoms with van der Waals surface area (Å²) in [6, 6.07) is 18.9. The lowest BCUT2D eigenvalue weighted by Crippen LogP contribution is -2.40. The van der Waals surface area contributed by atoms with Crippen LogP contribution in [0.3, 0.4) is 0 Å². The van der Waals surface area contributed by atoms with Crippen molar-refractivity contribution in [2.45, 2.75) is 18.9 Å². The Balaban J connectivity index is 1.25. The topological polar surface area (TPSA) is 118 Å². The zero-order valence-electron chi connectivity index (χ0n) is 18.5. The van der Waals surface area contributed by atoms with Crippen molar-refractivity contribution >= 4 is 5.97 Å².